The van der Waals surface area contributed by atoms with E-state index in [1.807, 2.05) is 28.8 Å². The van der Waals surface area contributed by atoms with Crippen LogP contribution in [0.4, 0.5) is 0 Å². The highest BCUT2D eigenvalue weighted by Gasteiger charge is 2.18. The zero-order valence-electron chi connectivity index (χ0n) is 17.6. The monoisotopic (exact) mass is 458 g/mol. The molecule has 1 saturated heterocycles. The first-order chi connectivity index (χ1) is 15.4. The van der Waals surface area contributed by atoms with Crippen molar-refractivity contribution < 1.29 is 24.5 Å². The minimum atomic E-state index is -1.26. The van der Waals surface area contributed by atoms with E-state index in [2.05, 4.69) is 52.4 Å². The van der Waals surface area contributed by atoms with Crippen molar-refractivity contribution in [2.75, 3.05) is 19.8 Å². The normalized spacial score (nSPS) is 16.0. The van der Waals surface area contributed by atoms with Crippen molar-refractivity contribution >= 4 is 29.8 Å². The summed E-state index contributed by atoms with van der Waals surface area (Å²) in [5.41, 5.74) is 2.24. The molecule has 1 unspecified atom stereocenters. The van der Waals surface area contributed by atoms with Gasteiger partial charge in [-0.3, -0.25) is 14.4 Å². The van der Waals surface area contributed by atoms with E-state index in [1.54, 1.807) is 0 Å². The lowest BCUT2D eigenvalue weighted by Crippen LogP contribution is -2.42. The summed E-state index contributed by atoms with van der Waals surface area (Å²) in [7, 11) is 0. The Morgan fingerprint density at radius 1 is 1.16 bits per heavy atom. The van der Waals surface area contributed by atoms with Crippen LogP contribution in [0.3, 0.4) is 0 Å². The van der Waals surface area contributed by atoms with E-state index >= 15 is 0 Å². The Labute approximate surface area is 190 Å². The maximum atomic E-state index is 9.55. The Morgan fingerprint density at radius 2 is 1.81 bits per heavy atom. The molecule has 2 aromatic heterocycles. The number of fused-ring (bicyclic) bond motifs is 1. The van der Waals surface area contributed by atoms with Crippen molar-refractivity contribution in [3.63, 3.8) is 0 Å². The summed E-state index contributed by atoms with van der Waals surface area (Å²) < 4.78 is 7.86. The van der Waals surface area contributed by atoms with Gasteiger partial charge in [-0.15, -0.1) is 0 Å². The van der Waals surface area contributed by atoms with Gasteiger partial charge in [-0.25, -0.2) is 9.59 Å². The molecule has 4 rings (SSSR count). The quantitative estimate of drug-likeness (QED) is 0.403. The summed E-state index contributed by atoms with van der Waals surface area (Å²) in [5, 5.41) is 22.3. The van der Waals surface area contributed by atoms with Crippen molar-refractivity contribution in [3.8, 4) is 0 Å². The average molecular weight is 459 g/mol. The van der Waals surface area contributed by atoms with Gasteiger partial charge >= 0.3 is 11.9 Å². The summed E-state index contributed by atoms with van der Waals surface area (Å²) >= 11 is 4.93. The van der Waals surface area contributed by atoms with E-state index in [0.717, 1.165) is 32.0 Å². The number of rotatable bonds is 4. The molecule has 0 spiro atoms. The van der Waals surface area contributed by atoms with Gasteiger partial charge in [0.25, 0.3) is 0 Å². The van der Waals surface area contributed by atoms with Crippen LogP contribution in [0.2, 0.25) is 0 Å². The highest BCUT2D eigenvalue weighted by molar-refractivity contribution is 7.71. The minimum absolute atomic E-state index is 0.545. The minimum Gasteiger partial charge on any atom is -0.478 e. The lowest BCUT2D eigenvalue weighted by atomic mass is 10.2. The number of morpholine rings is 1. The second-order valence-corrected chi connectivity index (χ2v) is 7.23. The fourth-order valence-electron chi connectivity index (χ4n) is 2.81. The number of aromatic nitrogens is 3. The second-order valence-electron chi connectivity index (χ2n) is 6.85. The van der Waals surface area contributed by atoms with Gasteiger partial charge in [-0.05, 0) is 36.8 Å². The highest BCUT2D eigenvalue weighted by Crippen LogP contribution is 2.11. The van der Waals surface area contributed by atoms with Gasteiger partial charge in [0.15, 0.2) is 10.4 Å². The zero-order chi connectivity index (χ0) is 23.3. The van der Waals surface area contributed by atoms with E-state index in [9.17, 15) is 9.59 Å². The molecular formula is C22H26N4O5S. The van der Waals surface area contributed by atoms with E-state index < -0.39 is 11.9 Å². The van der Waals surface area contributed by atoms with Gasteiger partial charge in [0.05, 0.1) is 13.2 Å². The number of hydrogen-bond acceptors (Lipinski definition) is 6. The van der Waals surface area contributed by atoms with Crippen LogP contribution in [0.5, 0.6) is 0 Å². The van der Waals surface area contributed by atoms with Crippen LogP contribution >= 0.6 is 12.2 Å². The lowest BCUT2D eigenvalue weighted by molar-refractivity contribution is -0.134. The Morgan fingerprint density at radius 3 is 2.41 bits per heavy atom. The molecule has 1 fully saturated rings. The predicted molar refractivity (Wildman–Crippen MR) is 122 cm³/mol. The maximum absolute atomic E-state index is 9.55. The number of aliphatic carboxylic acids is 2. The third-order valence-corrected chi connectivity index (χ3v) is 4.71. The van der Waals surface area contributed by atoms with Crippen LogP contribution in [0.25, 0.3) is 5.65 Å². The molecule has 0 radical (unpaired) electrons. The molecule has 0 amide bonds. The third kappa shape index (κ3) is 8.80. The number of carboxylic acid groups (broad SMARTS) is 2. The van der Waals surface area contributed by atoms with Crippen LogP contribution in [0, 0.1) is 4.77 Å². The number of pyridine rings is 1. The first-order valence-corrected chi connectivity index (χ1v) is 10.3. The summed E-state index contributed by atoms with van der Waals surface area (Å²) in [6.45, 7) is 6.06. The van der Waals surface area contributed by atoms with Crippen molar-refractivity contribution in [3.05, 3.63) is 77.2 Å². The summed E-state index contributed by atoms with van der Waals surface area (Å²) in [5.74, 6) is -2.51. The van der Waals surface area contributed by atoms with Gasteiger partial charge in [0, 0.05) is 37.5 Å². The number of nitrogens with zero attached hydrogens (tertiary/aromatic N) is 3. The molecule has 1 aromatic carbocycles. The van der Waals surface area contributed by atoms with Crippen molar-refractivity contribution in [2.24, 2.45) is 0 Å². The number of H-pyrrole nitrogens is 1. The molecule has 1 aliphatic heterocycles. The molecule has 3 aromatic rings. The van der Waals surface area contributed by atoms with Crippen molar-refractivity contribution in [2.45, 2.75) is 19.5 Å². The maximum Gasteiger partial charge on any atom is 0.328 e. The van der Waals surface area contributed by atoms with Crippen molar-refractivity contribution in [1.29, 1.82) is 0 Å². The summed E-state index contributed by atoms with van der Waals surface area (Å²) in [4.78, 5) is 21.6. The molecule has 0 saturated carbocycles. The Kier molecular flexibility index (Phi) is 10.2. The van der Waals surface area contributed by atoms with Crippen LogP contribution in [0.1, 0.15) is 12.5 Å². The average Bonchev–Trinajstić information content (AvgIpc) is 3.17. The van der Waals surface area contributed by atoms with Crippen LogP contribution < -0.4 is 0 Å². The topological polar surface area (TPSA) is 120 Å². The van der Waals surface area contributed by atoms with Gasteiger partial charge < -0.3 is 14.9 Å². The van der Waals surface area contributed by atoms with E-state index in [4.69, 9.17) is 27.2 Å². The zero-order valence-corrected chi connectivity index (χ0v) is 18.4. The Bertz CT molecular complexity index is 1060. The molecule has 0 bridgehead atoms. The fraction of sp³-hybridized carbons (Fsp3) is 0.273. The van der Waals surface area contributed by atoms with E-state index in [0.29, 0.717) is 23.0 Å². The number of aromatic amines is 1. The Hall–Kier alpha value is -3.34. The number of carboxylic acids is 2. The van der Waals surface area contributed by atoms with Gasteiger partial charge in [-0.1, -0.05) is 36.4 Å². The second kappa shape index (κ2) is 13.2. The van der Waals surface area contributed by atoms with E-state index in [1.165, 1.54) is 5.56 Å². The number of benzene rings is 1. The molecule has 170 valence electrons. The SMILES string of the molecule is CC1COCCN1Cc1ccccc1.O=C(O)C=CC(=O)O.S=c1[nH]nc2ccccn12. The molecule has 3 N–H and O–H groups in total. The first-order valence-electron chi connectivity index (χ1n) is 9.88. The molecule has 1 atom stereocenters. The van der Waals surface area contributed by atoms with Crippen LogP contribution in [-0.2, 0) is 20.9 Å². The van der Waals surface area contributed by atoms with Crippen molar-refractivity contribution in [1.82, 2.24) is 19.5 Å². The molecular weight excluding hydrogens is 432 g/mol. The van der Waals surface area contributed by atoms with Crippen LogP contribution in [0.15, 0.2) is 66.9 Å². The molecule has 32 heavy (non-hydrogen) atoms. The molecule has 3 heterocycles. The number of nitrogens with one attached hydrogen (secondary N) is 1. The van der Waals surface area contributed by atoms with E-state index in [-0.39, 0.29) is 0 Å². The summed E-state index contributed by atoms with van der Waals surface area (Å²) in [6, 6.07) is 16.9. The van der Waals surface area contributed by atoms with Gasteiger partial charge in [-0.2, -0.15) is 5.10 Å². The van der Waals surface area contributed by atoms with Crippen LogP contribution in [-0.4, -0.2) is 67.4 Å². The predicted octanol–water partition coefficient (Wildman–Crippen LogP) is 3.01. The number of carbonyl (C=O) groups is 2. The molecule has 10 heteroatoms. The largest absolute Gasteiger partial charge is 0.478 e. The van der Waals surface area contributed by atoms with Gasteiger partial charge in [0.1, 0.15) is 0 Å². The van der Waals surface area contributed by atoms with Gasteiger partial charge in [0.2, 0.25) is 0 Å². The fourth-order valence-corrected chi connectivity index (χ4v) is 3.01. The summed E-state index contributed by atoms with van der Waals surface area (Å²) in [6.07, 6.45) is 2.99. The highest BCUT2D eigenvalue weighted by atomic mass is 32.1. The lowest BCUT2D eigenvalue weighted by Gasteiger charge is -2.33. The first kappa shape index (κ1) is 24.9. The number of hydrogen-bond donors (Lipinski definition) is 3. The smallest absolute Gasteiger partial charge is 0.328 e. The number of ether oxygens (including phenoxy) is 1. The molecule has 1 aliphatic rings. The Balaban J connectivity index is 0.000000179. The standard InChI is InChI=1S/C12H17NO.C6H5N3S.C4H4O4/c1-11-10-14-8-7-13(11)9-12-5-3-2-4-6-12;10-6-8-7-5-3-1-2-4-9(5)6;5-3(6)1-2-4(7)8/h2-6,11H,7-10H2,1H3;1-4H,(H,8,10);1-2H,(H,5,6)(H,7,8). The molecule has 9 nitrogen and oxygen atoms in total. The third-order valence-electron chi connectivity index (χ3n) is 4.43. The molecule has 0 aliphatic carbocycles.